The normalized spacial score (nSPS) is 18.2. The zero-order valence-corrected chi connectivity index (χ0v) is 18.8. The minimum atomic E-state index is 0.0171. The van der Waals surface area contributed by atoms with Crippen LogP contribution in [0, 0.1) is 0 Å². The molecule has 7 nitrogen and oxygen atoms in total. The van der Waals surface area contributed by atoms with Crippen LogP contribution in [0.1, 0.15) is 32.1 Å². The molecule has 1 saturated heterocycles. The number of anilines is 1. The van der Waals surface area contributed by atoms with E-state index in [9.17, 15) is 4.79 Å². The molecule has 1 saturated carbocycles. The Kier molecular flexibility index (Phi) is 8.37. The van der Waals surface area contributed by atoms with Gasteiger partial charge < -0.3 is 25.3 Å². The summed E-state index contributed by atoms with van der Waals surface area (Å²) in [5.41, 5.74) is 1.23. The molecule has 166 valence electrons. The second-order valence-electron chi connectivity index (χ2n) is 8.68. The SMILES string of the molecule is CN(C)C(=O)CN=C(NCCCN(C)c1ccccc1)NC1CCN(C2CC2)CC1. The lowest BCUT2D eigenvalue weighted by molar-refractivity contribution is -0.127. The van der Waals surface area contributed by atoms with Gasteiger partial charge in [0.05, 0.1) is 0 Å². The summed E-state index contributed by atoms with van der Waals surface area (Å²) < 4.78 is 0. The molecule has 0 bridgehead atoms. The summed E-state index contributed by atoms with van der Waals surface area (Å²) in [7, 11) is 5.66. The van der Waals surface area contributed by atoms with Crippen molar-refractivity contribution < 1.29 is 4.79 Å². The fourth-order valence-electron chi connectivity index (χ4n) is 3.82. The molecule has 0 unspecified atom stereocenters. The minimum absolute atomic E-state index is 0.0171. The summed E-state index contributed by atoms with van der Waals surface area (Å²) in [5, 5.41) is 7.02. The lowest BCUT2D eigenvalue weighted by Crippen LogP contribution is -2.49. The largest absolute Gasteiger partial charge is 0.375 e. The van der Waals surface area contributed by atoms with Gasteiger partial charge in [-0.15, -0.1) is 0 Å². The summed E-state index contributed by atoms with van der Waals surface area (Å²) in [6.07, 6.45) is 6.01. The number of aliphatic imine (C=N–C) groups is 1. The Morgan fingerprint density at radius 1 is 1.10 bits per heavy atom. The lowest BCUT2D eigenvalue weighted by atomic mass is 10.1. The van der Waals surface area contributed by atoms with Crippen LogP contribution in [0.5, 0.6) is 0 Å². The number of hydrogen-bond acceptors (Lipinski definition) is 4. The number of piperidine rings is 1. The number of amides is 1. The smallest absolute Gasteiger partial charge is 0.243 e. The number of carbonyl (C=O) groups excluding carboxylic acids is 1. The van der Waals surface area contributed by atoms with Crippen molar-refractivity contribution in [3.63, 3.8) is 0 Å². The summed E-state index contributed by atoms with van der Waals surface area (Å²) >= 11 is 0. The van der Waals surface area contributed by atoms with Gasteiger partial charge in [-0.1, -0.05) is 18.2 Å². The van der Waals surface area contributed by atoms with Gasteiger partial charge in [0.2, 0.25) is 5.91 Å². The molecule has 0 spiro atoms. The van der Waals surface area contributed by atoms with E-state index in [0.717, 1.165) is 57.4 Å². The third-order valence-electron chi connectivity index (χ3n) is 5.96. The van der Waals surface area contributed by atoms with Crippen LogP contribution < -0.4 is 15.5 Å². The Morgan fingerprint density at radius 3 is 2.43 bits per heavy atom. The van der Waals surface area contributed by atoms with E-state index in [2.05, 4.69) is 56.7 Å². The van der Waals surface area contributed by atoms with Crippen molar-refractivity contribution in [1.29, 1.82) is 0 Å². The second-order valence-corrected chi connectivity index (χ2v) is 8.68. The van der Waals surface area contributed by atoms with Gasteiger partial charge >= 0.3 is 0 Å². The number of nitrogens with zero attached hydrogens (tertiary/aromatic N) is 4. The molecule has 7 heteroatoms. The maximum absolute atomic E-state index is 12.0. The number of para-hydroxylation sites is 1. The fourth-order valence-corrected chi connectivity index (χ4v) is 3.82. The molecule has 30 heavy (non-hydrogen) atoms. The van der Waals surface area contributed by atoms with Crippen LogP contribution >= 0.6 is 0 Å². The summed E-state index contributed by atoms with van der Waals surface area (Å²) in [4.78, 5) is 23.0. The predicted octanol–water partition coefficient (Wildman–Crippen LogP) is 1.76. The van der Waals surface area contributed by atoms with Gasteiger partial charge in [-0.3, -0.25) is 4.79 Å². The molecular weight excluding hydrogens is 376 g/mol. The molecular formula is C23H38N6O. The van der Waals surface area contributed by atoms with Crippen LogP contribution in [0.2, 0.25) is 0 Å². The molecule has 2 fully saturated rings. The van der Waals surface area contributed by atoms with E-state index in [1.54, 1.807) is 19.0 Å². The van der Waals surface area contributed by atoms with Crippen LogP contribution in [-0.4, -0.2) is 87.6 Å². The van der Waals surface area contributed by atoms with Crippen molar-refractivity contribution in [2.45, 2.75) is 44.2 Å². The van der Waals surface area contributed by atoms with Crippen LogP contribution in [-0.2, 0) is 4.79 Å². The first-order valence-corrected chi connectivity index (χ1v) is 11.3. The number of benzene rings is 1. The van der Waals surface area contributed by atoms with Crippen molar-refractivity contribution >= 4 is 17.6 Å². The highest BCUT2D eigenvalue weighted by atomic mass is 16.2. The third kappa shape index (κ3) is 7.20. The Bertz CT molecular complexity index is 680. The summed E-state index contributed by atoms with van der Waals surface area (Å²) in [6, 6.07) is 11.7. The highest BCUT2D eigenvalue weighted by molar-refractivity contribution is 5.84. The maximum atomic E-state index is 12.0. The Labute approximate surface area is 181 Å². The van der Waals surface area contributed by atoms with E-state index in [-0.39, 0.29) is 12.5 Å². The zero-order chi connectivity index (χ0) is 21.3. The third-order valence-corrected chi connectivity index (χ3v) is 5.96. The number of likely N-dealkylation sites (N-methyl/N-ethyl adjacent to an activating group) is 1. The molecule has 1 aromatic carbocycles. The van der Waals surface area contributed by atoms with Gasteiger partial charge in [0, 0.05) is 65.1 Å². The Morgan fingerprint density at radius 2 is 1.80 bits per heavy atom. The molecule has 3 rings (SSSR count). The van der Waals surface area contributed by atoms with Crippen LogP contribution in [0.15, 0.2) is 35.3 Å². The lowest BCUT2D eigenvalue weighted by Gasteiger charge is -2.33. The zero-order valence-electron chi connectivity index (χ0n) is 18.8. The van der Waals surface area contributed by atoms with Gasteiger partial charge in [0.1, 0.15) is 6.54 Å². The first-order chi connectivity index (χ1) is 14.5. The van der Waals surface area contributed by atoms with Crippen molar-refractivity contribution in [3.05, 3.63) is 30.3 Å². The van der Waals surface area contributed by atoms with Gasteiger partial charge in [0.25, 0.3) is 0 Å². The first kappa shape index (κ1) is 22.4. The quantitative estimate of drug-likeness (QED) is 0.366. The average molecular weight is 415 g/mol. The number of nitrogens with one attached hydrogen (secondary N) is 2. The molecule has 1 aromatic rings. The highest BCUT2D eigenvalue weighted by Gasteiger charge is 2.31. The molecule has 0 aromatic heterocycles. The molecule has 1 aliphatic heterocycles. The molecule has 1 aliphatic carbocycles. The van der Waals surface area contributed by atoms with Gasteiger partial charge in [-0.2, -0.15) is 0 Å². The topological polar surface area (TPSA) is 63.2 Å². The van der Waals surface area contributed by atoms with Gasteiger partial charge in [0.15, 0.2) is 5.96 Å². The molecule has 0 atom stereocenters. The minimum Gasteiger partial charge on any atom is -0.375 e. The number of guanidine groups is 1. The molecule has 2 N–H and O–H groups in total. The van der Waals surface area contributed by atoms with E-state index in [4.69, 9.17) is 0 Å². The van der Waals surface area contributed by atoms with E-state index in [1.165, 1.54) is 18.5 Å². The van der Waals surface area contributed by atoms with Crippen LogP contribution in [0.25, 0.3) is 0 Å². The standard InChI is InChI=1S/C23H38N6O/c1-27(2)22(30)18-25-23(26-19-12-16-29(17-13-19)21-10-11-21)24-14-7-15-28(3)20-8-5-4-6-9-20/h4-6,8-9,19,21H,7,10-18H2,1-3H3,(H2,24,25,26). The van der Waals surface area contributed by atoms with Crippen molar-refractivity contribution in [1.82, 2.24) is 20.4 Å². The van der Waals surface area contributed by atoms with E-state index in [1.807, 2.05) is 6.07 Å². The first-order valence-electron chi connectivity index (χ1n) is 11.3. The van der Waals surface area contributed by atoms with Crippen molar-refractivity contribution in [2.75, 3.05) is 58.8 Å². The molecule has 1 heterocycles. The van der Waals surface area contributed by atoms with Crippen molar-refractivity contribution in [2.24, 2.45) is 4.99 Å². The highest BCUT2D eigenvalue weighted by Crippen LogP contribution is 2.29. The summed E-state index contributed by atoms with van der Waals surface area (Å²) in [5.74, 6) is 0.779. The maximum Gasteiger partial charge on any atom is 0.243 e. The van der Waals surface area contributed by atoms with Gasteiger partial charge in [-0.05, 0) is 44.2 Å². The van der Waals surface area contributed by atoms with E-state index >= 15 is 0 Å². The van der Waals surface area contributed by atoms with E-state index < -0.39 is 0 Å². The molecule has 0 radical (unpaired) electrons. The van der Waals surface area contributed by atoms with E-state index in [0.29, 0.717) is 6.04 Å². The van der Waals surface area contributed by atoms with Crippen LogP contribution in [0.3, 0.4) is 0 Å². The average Bonchev–Trinajstić information content (AvgIpc) is 3.61. The van der Waals surface area contributed by atoms with Gasteiger partial charge in [-0.25, -0.2) is 4.99 Å². The number of hydrogen-bond donors (Lipinski definition) is 2. The predicted molar refractivity (Wildman–Crippen MR) is 124 cm³/mol. The fraction of sp³-hybridized carbons (Fsp3) is 0.652. The number of rotatable bonds is 9. The van der Waals surface area contributed by atoms with Crippen LogP contribution in [0.4, 0.5) is 5.69 Å². The Balaban J connectivity index is 1.45. The number of likely N-dealkylation sites (tertiary alicyclic amines) is 1. The second kappa shape index (κ2) is 11.2. The number of carbonyl (C=O) groups is 1. The van der Waals surface area contributed by atoms with Crippen molar-refractivity contribution in [3.8, 4) is 0 Å². The Hall–Kier alpha value is -2.28. The summed E-state index contributed by atoms with van der Waals surface area (Å²) in [6.45, 7) is 4.27. The monoisotopic (exact) mass is 414 g/mol. The molecule has 2 aliphatic rings. The molecule has 1 amide bonds.